The Morgan fingerprint density at radius 1 is 1.14 bits per heavy atom. The lowest BCUT2D eigenvalue weighted by atomic mass is 10.2. The molecule has 0 unspecified atom stereocenters. The molecule has 0 atom stereocenters. The van der Waals surface area contributed by atoms with E-state index in [1.54, 1.807) is 0 Å². The predicted molar refractivity (Wildman–Crippen MR) is 57.3 cm³/mol. The molecule has 0 aromatic heterocycles. The van der Waals surface area contributed by atoms with Crippen molar-refractivity contribution >= 4 is 0 Å². The number of rotatable bonds is 1. The summed E-state index contributed by atoms with van der Waals surface area (Å²) < 4.78 is 11.2. The van der Waals surface area contributed by atoms with Crippen LogP contribution in [0.15, 0.2) is 0 Å². The minimum Gasteiger partial charge on any atom is -0.346 e. The molecule has 0 aromatic carbocycles. The van der Waals surface area contributed by atoms with Crippen LogP contribution in [0.4, 0.5) is 0 Å². The zero-order valence-electron chi connectivity index (χ0n) is 9.88. The first-order valence-corrected chi connectivity index (χ1v) is 5.74. The quantitative estimate of drug-likeness (QED) is 0.646. The van der Waals surface area contributed by atoms with E-state index in [1.165, 1.54) is 0 Å². The molecule has 14 heavy (non-hydrogen) atoms. The summed E-state index contributed by atoms with van der Waals surface area (Å²) in [7, 11) is 0. The van der Waals surface area contributed by atoms with Crippen LogP contribution < -0.4 is 0 Å². The minimum atomic E-state index is -0.232. The van der Waals surface area contributed by atoms with Crippen molar-refractivity contribution in [2.45, 2.75) is 45.9 Å². The second-order valence-corrected chi connectivity index (χ2v) is 3.92. The van der Waals surface area contributed by atoms with Crippen molar-refractivity contribution in [3.05, 3.63) is 0 Å². The third-order valence-electron chi connectivity index (χ3n) is 2.77. The topological polar surface area (TPSA) is 21.7 Å². The van der Waals surface area contributed by atoms with Gasteiger partial charge in [0.2, 0.25) is 0 Å². The Bertz CT molecular complexity index is 165. The summed E-state index contributed by atoms with van der Waals surface area (Å²) in [6.07, 6.45) is 1.03. The van der Waals surface area contributed by atoms with Crippen LogP contribution in [0, 0.1) is 0 Å². The predicted octanol–water partition coefficient (Wildman–Crippen LogP) is 1.87. The Labute approximate surface area is 87.4 Å². The van der Waals surface area contributed by atoms with Crippen molar-refractivity contribution in [3.8, 4) is 0 Å². The van der Waals surface area contributed by atoms with Gasteiger partial charge in [0.15, 0.2) is 5.79 Å². The van der Waals surface area contributed by atoms with Crippen molar-refractivity contribution in [1.82, 2.24) is 4.90 Å². The van der Waals surface area contributed by atoms with E-state index in [0.717, 1.165) is 32.7 Å². The number of nitrogens with zero attached hydrogens (tertiary/aromatic N) is 1. The van der Waals surface area contributed by atoms with Crippen LogP contribution in [0.5, 0.6) is 0 Å². The summed E-state index contributed by atoms with van der Waals surface area (Å²) in [5, 5.41) is 0. The van der Waals surface area contributed by atoms with Gasteiger partial charge in [0.05, 0.1) is 19.8 Å². The molecule has 2 aliphatic heterocycles. The van der Waals surface area contributed by atoms with E-state index < -0.39 is 0 Å². The Morgan fingerprint density at radius 3 is 2.14 bits per heavy atom. The Hall–Kier alpha value is -0.120. The maximum absolute atomic E-state index is 5.62. The van der Waals surface area contributed by atoms with Crippen LogP contribution >= 0.6 is 0 Å². The summed E-state index contributed by atoms with van der Waals surface area (Å²) in [6, 6.07) is 0.608. The van der Waals surface area contributed by atoms with Gasteiger partial charge in [0.25, 0.3) is 0 Å². The number of ether oxygens (including phenoxy) is 2. The highest BCUT2D eigenvalue weighted by Gasteiger charge is 2.43. The molecule has 0 amide bonds. The van der Waals surface area contributed by atoms with Gasteiger partial charge < -0.3 is 9.47 Å². The van der Waals surface area contributed by atoms with Crippen molar-refractivity contribution in [1.29, 1.82) is 0 Å². The van der Waals surface area contributed by atoms with Crippen LogP contribution in [0.3, 0.4) is 0 Å². The first-order valence-electron chi connectivity index (χ1n) is 5.74. The number of hydrogen-bond donors (Lipinski definition) is 0. The number of likely N-dealkylation sites (tertiary alicyclic amines) is 1. The molecular formula is C11H23NO2. The molecule has 2 aliphatic rings. The average molecular weight is 201 g/mol. The maximum Gasteiger partial charge on any atom is 0.182 e. The third kappa shape index (κ3) is 2.47. The Kier molecular flexibility index (Phi) is 4.35. The van der Waals surface area contributed by atoms with Crippen molar-refractivity contribution in [3.63, 3.8) is 0 Å². The van der Waals surface area contributed by atoms with Crippen LogP contribution in [-0.4, -0.2) is 43.0 Å². The average Bonchev–Trinajstić information content (AvgIpc) is 2.81. The zero-order valence-corrected chi connectivity index (χ0v) is 9.88. The third-order valence-corrected chi connectivity index (χ3v) is 2.77. The van der Waals surface area contributed by atoms with Crippen molar-refractivity contribution < 1.29 is 9.47 Å². The van der Waals surface area contributed by atoms with Crippen molar-refractivity contribution in [2.75, 3.05) is 26.3 Å². The summed E-state index contributed by atoms with van der Waals surface area (Å²) in [5.41, 5.74) is 0. The Morgan fingerprint density at radius 2 is 1.71 bits per heavy atom. The molecular weight excluding hydrogens is 178 g/mol. The first kappa shape index (κ1) is 12.0. The van der Waals surface area contributed by atoms with Crippen LogP contribution in [0.2, 0.25) is 0 Å². The van der Waals surface area contributed by atoms with Gasteiger partial charge in [0, 0.05) is 19.0 Å². The normalized spacial score (nSPS) is 25.5. The molecule has 1 spiro atoms. The SMILES string of the molecule is CC.CC(C)N1CCC2(C1)OCCO2. The largest absolute Gasteiger partial charge is 0.346 e. The second kappa shape index (κ2) is 5.10. The summed E-state index contributed by atoms with van der Waals surface area (Å²) in [5.74, 6) is -0.232. The van der Waals surface area contributed by atoms with E-state index in [1.807, 2.05) is 13.8 Å². The summed E-state index contributed by atoms with van der Waals surface area (Å²) in [6.45, 7) is 12.0. The Balaban J connectivity index is 0.000000461. The highest BCUT2D eigenvalue weighted by atomic mass is 16.7. The van der Waals surface area contributed by atoms with Crippen LogP contribution in [0.25, 0.3) is 0 Å². The van der Waals surface area contributed by atoms with Gasteiger partial charge in [-0.3, -0.25) is 4.90 Å². The fraction of sp³-hybridized carbons (Fsp3) is 1.00. The van der Waals surface area contributed by atoms with Gasteiger partial charge in [0.1, 0.15) is 0 Å². The fourth-order valence-corrected chi connectivity index (χ4v) is 1.95. The van der Waals surface area contributed by atoms with E-state index in [4.69, 9.17) is 9.47 Å². The van der Waals surface area contributed by atoms with Gasteiger partial charge >= 0.3 is 0 Å². The van der Waals surface area contributed by atoms with Crippen LogP contribution in [-0.2, 0) is 9.47 Å². The van der Waals surface area contributed by atoms with Gasteiger partial charge in [-0.25, -0.2) is 0 Å². The fourth-order valence-electron chi connectivity index (χ4n) is 1.95. The maximum atomic E-state index is 5.62. The minimum absolute atomic E-state index is 0.232. The molecule has 84 valence electrons. The molecule has 0 radical (unpaired) electrons. The van der Waals surface area contributed by atoms with Gasteiger partial charge in [-0.05, 0) is 13.8 Å². The van der Waals surface area contributed by atoms with E-state index in [2.05, 4.69) is 18.7 Å². The van der Waals surface area contributed by atoms with Crippen molar-refractivity contribution in [2.24, 2.45) is 0 Å². The van der Waals surface area contributed by atoms with Crippen LogP contribution in [0.1, 0.15) is 34.1 Å². The highest BCUT2D eigenvalue weighted by Crippen LogP contribution is 2.31. The van der Waals surface area contributed by atoms with E-state index in [0.29, 0.717) is 6.04 Å². The summed E-state index contributed by atoms with van der Waals surface area (Å²) >= 11 is 0. The lowest BCUT2D eigenvalue weighted by molar-refractivity contribution is -0.146. The van der Waals surface area contributed by atoms with Gasteiger partial charge in [-0.2, -0.15) is 0 Å². The molecule has 2 heterocycles. The molecule has 0 N–H and O–H groups in total. The first-order chi connectivity index (χ1) is 6.72. The molecule has 0 aliphatic carbocycles. The lowest BCUT2D eigenvalue weighted by Gasteiger charge is -2.24. The van der Waals surface area contributed by atoms with E-state index >= 15 is 0 Å². The summed E-state index contributed by atoms with van der Waals surface area (Å²) in [4.78, 5) is 2.41. The molecule has 0 aromatic rings. The standard InChI is InChI=1S/C9H17NO2.C2H6/c1-8(2)10-4-3-9(7-10)11-5-6-12-9;1-2/h8H,3-7H2,1-2H3;1-2H3. The molecule has 2 fully saturated rings. The van der Waals surface area contributed by atoms with Gasteiger partial charge in [-0.15, -0.1) is 0 Å². The molecule has 0 bridgehead atoms. The molecule has 3 nitrogen and oxygen atoms in total. The van der Waals surface area contributed by atoms with Gasteiger partial charge in [-0.1, -0.05) is 13.8 Å². The zero-order chi connectivity index (χ0) is 10.6. The molecule has 3 heteroatoms. The second-order valence-electron chi connectivity index (χ2n) is 3.92. The van der Waals surface area contributed by atoms with E-state index in [9.17, 15) is 0 Å². The number of hydrogen-bond acceptors (Lipinski definition) is 3. The molecule has 0 saturated carbocycles. The molecule has 2 rings (SSSR count). The highest BCUT2D eigenvalue weighted by molar-refractivity contribution is 4.87. The smallest absolute Gasteiger partial charge is 0.182 e. The lowest BCUT2D eigenvalue weighted by Crippen LogP contribution is -2.36. The monoisotopic (exact) mass is 201 g/mol. The molecule has 2 saturated heterocycles. The van der Waals surface area contributed by atoms with E-state index in [-0.39, 0.29) is 5.79 Å².